The number of anilines is 2. The normalized spacial score (nSPS) is 10.5. The average molecular weight is 397 g/mol. The second-order valence-corrected chi connectivity index (χ2v) is 6.25. The summed E-state index contributed by atoms with van der Waals surface area (Å²) in [6.45, 7) is 1.54. The van der Waals surface area contributed by atoms with Crippen LogP contribution in [0.1, 0.15) is 11.4 Å². The summed E-state index contributed by atoms with van der Waals surface area (Å²) < 4.78 is 29.2. The van der Waals surface area contributed by atoms with Crippen LogP contribution in [0.25, 0.3) is 0 Å². The molecular weight excluding hydrogens is 384 g/mol. The van der Waals surface area contributed by atoms with Crippen molar-refractivity contribution >= 4 is 39.5 Å². The third-order valence-electron chi connectivity index (χ3n) is 2.87. The van der Waals surface area contributed by atoms with Crippen molar-refractivity contribution in [1.82, 2.24) is 15.0 Å². The first kappa shape index (κ1) is 19.4. The minimum atomic E-state index is -4.50. The van der Waals surface area contributed by atoms with Gasteiger partial charge in [0.05, 0.1) is 18.4 Å². The molecule has 10 nitrogen and oxygen atoms in total. The molecule has 2 aromatic rings. The van der Waals surface area contributed by atoms with E-state index in [4.69, 9.17) is 21.5 Å². The van der Waals surface area contributed by atoms with Crippen molar-refractivity contribution < 1.29 is 17.9 Å². The number of aryl methyl sites for hydroxylation is 1. The molecule has 2 amide bonds. The average Bonchev–Trinajstić information content (AvgIpc) is 2.55. The number of hydrogen-bond acceptors (Lipinski definition) is 7. The quantitative estimate of drug-likeness (QED) is 0.733. The van der Waals surface area contributed by atoms with Crippen LogP contribution in [0.5, 0.6) is 6.01 Å². The molecule has 1 heterocycles. The summed E-state index contributed by atoms with van der Waals surface area (Å²) in [4.78, 5) is 24.1. The smallest absolute Gasteiger partial charge is 0.343 e. The number of amides is 2. The zero-order valence-electron chi connectivity index (χ0n) is 13.6. The first-order chi connectivity index (χ1) is 12.3. The molecule has 0 spiro atoms. The Labute approximate surface area is 154 Å². The summed E-state index contributed by atoms with van der Waals surface area (Å²) in [5, 5.41) is 9.55. The van der Waals surface area contributed by atoms with E-state index >= 15 is 0 Å². The van der Waals surface area contributed by atoms with Crippen LogP contribution >= 0.6 is 11.6 Å². The largest absolute Gasteiger partial charge is 0.467 e. The number of para-hydroxylation sites is 1. The van der Waals surface area contributed by atoms with Crippen molar-refractivity contribution in [1.29, 1.82) is 0 Å². The van der Waals surface area contributed by atoms with Crippen molar-refractivity contribution in [3.8, 4) is 17.3 Å². The number of nitrogens with zero attached hydrogens (tertiary/aromatic N) is 4. The van der Waals surface area contributed by atoms with E-state index in [0.29, 0.717) is 4.31 Å². The van der Waals surface area contributed by atoms with E-state index in [1.54, 1.807) is 13.0 Å². The van der Waals surface area contributed by atoms with Gasteiger partial charge >= 0.3 is 22.3 Å². The molecule has 0 atom stereocenters. The van der Waals surface area contributed by atoms with Gasteiger partial charge in [-0.3, -0.25) is 5.32 Å². The number of methoxy groups -OCH3 is 1. The lowest BCUT2D eigenvalue weighted by molar-refractivity contribution is 0.259. The van der Waals surface area contributed by atoms with Gasteiger partial charge in [0.1, 0.15) is 5.82 Å². The molecule has 2 rings (SSSR count). The van der Waals surface area contributed by atoms with Gasteiger partial charge in [0.25, 0.3) is 0 Å². The third-order valence-corrected chi connectivity index (χ3v) is 3.84. The van der Waals surface area contributed by atoms with Crippen molar-refractivity contribution in [3.05, 3.63) is 35.7 Å². The summed E-state index contributed by atoms with van der Waals surface area (Å²) in [5.41, 5.74) is 0.0921. The number of urea groups is 1. The maximum absolute atomic E-state index is 12.6. The number of ether oxygens (including phenoxy) is 1. The van der Waals surface area contributed by atoms with E-state index in [9.17, 15) is 13.2 Å². The van der Waals surface area contributed by atoms with Gasteiger partial charge in [0.2, 0.25) is 5.95 Å². The van der Waals surface area contributed by atoms with Gasteiger partial charge < -0.3 is 4.74 Å². The summed E-state index contributed by atoms with van der Waals surface area (Å²) in [6, 6.07) is 4.76. The van der Waals surface area contributed by atoms with Crippen molar-refractivity contribution in [2.24, 2.45) is 5.14 Å². The Bertz CT molecular complexity index is 1000. The second kappa shape index (κ2) is 7.96. The van der Waals surface area contributed by atoms with Crippen LogP contribution in [-0.4, -0.2) is 36.5 Å². The zero-order valence-corrected chi connectivity index (χ0v) is 15.2. The highest BCUT2D eigenvalue weighted by Gasteiger charge is 2.29. The zero-order chi connectivity index (χ0) is 19.3. The molecule has 1 aromatic carbocycles. The molecule has 0 unspecified atom stereocenters. The molecular formula is C14H13ClN6O4S. The standard InChI is InChI=1S/C14H13ClN6O4S/c1-9-17-12(19-13(18-9)25-2)20-14(22)21(26(16,23)24)11-6-4-3-5-10(11)7-8-15/h3-6H,1-2H3,(H2,16,23,24)(H,17,18,19,20,22). The molecule has 1 aromatic heterocycles. The van der Waals surface area contributed by atoms with E-state index < -0.39 is 16.2 Å². The number of halogens is 1. The number of aromatic nitrogens is 3. The lowest BCUT2D eigenvalue weighted by Crippen LogP contribution is -2.44. The van der Waals surface area contributed by atoms with Crippen molar-refractivity contribution in [3.63, 3.8) is 0 Å². The van der Waals surface area contributed by atoms with E-state index in [-0.39, 0.29) is 29.0 Å². The Morgan fingerprint density at radius 3 is 2.62 bits per heavy atom. The molecule has 0 aliphatic heterocycles. The summed E-state index contributed by atoms with van der Waals surface area (Å²) in [7, 11) is -3.16. The third kappa shape index (κ3) is 4.57. The number of hydrogen-bond donors (Lipinski definition) is 2. The second-order valence-electron chi connectivity index (χ2n) is 4.67. The molecule has 0 saturated carbocycles. The van der Waals surface area contributed by atoms with E-state index in [1.807, 2.05) is 0 Å². The maximum atomic E-state index is 12.6. The van der Waals surface area contributed by atoms with Gasteiger partial charge in [-0.05, 0) is 36.6 Å². The highest BCUT2D eigenvalue weighted by molar-refractivity contribution is 7.91. The Hall–Kier alpha value is -2.94. The van der Waals surface area contributed by atoms with Crippen LogP contribution in [0.3, 0.4) is 0 Å². The SMILES string of the molecule is COc1nc(C)nc(NC(=O)N(c2ccccc2C#CCl)S(N)(=O)=O)n1. The predicted octanol–water partition coefficient (Wildman–Crippen LogP) is 0.978. The molecule has 0 aliphatic rings. The number of carbonyl (C=O) groups excluding carboxylic acids is 1. The van der Waals surface area contributed by atoms with Gasteiger partial charge in [-0.25, -0.2) is 9.93 Å². The molecule has 136 valence electrons. The van der Waals surface area contributed by atoms with Crippen molar-refractivity contribution in [2.45, 2.75) is 6.92 Å². The van der Waals surface area contributed by atoms with Crippen LogP contribution in [0.15, 0.2) is 24.3 Å². The van der Waals surface area contributed by atoms with Crippen LogP contribution in [0.2, 0.25) is 0 Å². The Balaban J connectivity index is 2.47. The fraction of sp³-hybridized carbons (Fsp3) is 0.143. The molecule has 3 N–H and O–H groups in total. The van der Waals surface area contributed by atoms with E-state index in [2.05, 4.69) is 31.6 Å². The Morgan fingerprint density at radius 1 is 1.31 bits per heavy atom. The van der Waals surface area contributed by atoms with Crippen LogP contribution in [-0.2, 0) is 10.2 Å². The predicted molar refractivity (Wildman–Crippen MR) is 94.9 cm³/mol. The monoisotopic (exact) mass is 396 g/mol. The molecule has 12 heteroatoms. The number of nitrogens with two attached hydrogens (primary N) is 1. The Morgan fingerprint density at radius 2 is 2.00 bits per heavy atom. The minimum Gasteiger partial charge on any atom is -0.467 e. The molecule has 0 fully saturated rings. The van der Waals surface area contributed by atoms with Crippen LogP contribution in [0.4, 0.5) is 16.4 Å². The molecule has 0 radical (unpaired) electrons. The first-order valence-corrected chi connectivity index (χ1v) is 8.75. The number of rotatable bonds is 4. The number of benzene rings is 1. The number of nitrogens with one attached hydrogen (secondary N) is 1. The maximum Gasteiger partial charge on any atom is 0.343 e. The van der Waals surface area contributed by atoms with Gasteiger partial charge in [-0.15, -0.1) is 0 Å². The Kier molecular flexibility index (Phi) is 5.93. The number of carbonyl (C=O) groups is 1. The fourth-order valence-electron chi connectivity index (χ4n) is 1.92. The van der Waals surface area contributed by atoms with E-state index in [0.717, 1.165) is 0 Å². The van der Waals surface area contributed by atoms with Gasteiger partial charge in [0.15, 0.2) is 0 Å². The molecule has 26 heavy (non-hydrogen) atoms. The molecule has 0 bridgehead atoms. The van der Waals surface area contributed by atoms with Crippen LogP contribution in [0, 0.1) is 18.2 Å². The fourth-order valence-corrected chi connectivity index (χ4v) is 2.73. The highest BCUT2D eigenvalue weighted by Crippen LogP contribution is 2.22. The summed E-state index contributed by atoms with van der Waals surface area (Å²) >= 11 is 5.39. The van der Waals surface area contributed by atoms with Gasteiger partial charge in [0, 0.05) is 5.38 Å². The lowest BCUT2D eigenvalue weighted by Gasteiger charge is -2.21. The van der Waals surface area contributed by atoms with Crippen LogP contribution < -0.4 is 19.5 Å². The molecule has 0 saturated heterocycles. The lowest BCUT2D eigenvalue weighted by atomic mass is 10.2. The summed E-state index contributed by atoms with van der Waals surface area (Å²) in [6.07, 6.45) is 0. The van der Waals surface area contributed by atoms with Gasteiger partial charge in [-0.2, -0.15) is 27.7 Å². The first-order valence-electron chi connectivity index (χ1n) is 6.87. The summed E-state index contributed by atoms with van der Waals surface area (Å²) in [5.74, 6) is 2.53. The minimum absolute atomic E-state index is 0.0524. The topological polar surface area (TPSA) is 140 Å². The molecule has 0 aliphatic carbocycles. The van der Waals surface area contributed by atoms with Crippen molar-refractivity contribution in [2.75, 3.05) is 16.7 Å². The van der Waals surface area contributed by atoms with Gasteiger partial charge in [-0.1, -0.05) is 12.1 Å². The highest BCUT2D eigenvalue weighted by atomic mass is 35.5. The van der Waals surface area contributed by atoms with E-state index in [1.165, 1.54) is 25.3 Å².